The molecule has 2 atom stereocenters. The van der Waals surface area contributed by atoms with Crippen molar-refractivity contribution >= 4 is 0 Å². The van der Waals surface area contributed by atoms with E-state index in [1.165, 1.54) is 0 Å². The Bertz CT molecular complexity index is 340. The minimum atomic E-state index is -6.47. The third kappa shape index (κ3) is 1.83. The smallest absolute Gasteiger partial charge is 0.287 e. The van der Waals surface area contributed by atoms with Crippen molar-refractivity contribution in [3.63, 3.8) is 0 Å². The van der Waals surface area contributed by atoms with Gasteiger partial charge in [-0.15, -0.1) is 0 Å². The van der Waals surface area contributed by atoms with Crippen LogP contribution in [-0.4, -0.2) is 30.1 Å². The maximum absolute atomic E-state index is 13.3. The molecule has 0 aromatic rings. The molecule has 18 heavy (non-hydrogen) atoms. The Morgan fingerprint density at radius 2 is 1.28 bits per heavy atom. The number of hydrogen-bond donors (Lipinski definition) is 0. The number of rotatable bonds is 1. The lowest BCUT2D eigenvalue weighted by atomic mass is 10.1. The van der Waals surface area contributed by atoms with E-state index in [2.05, 4.69) is 9.47 Å². The number of ether oxygens (including phenoxy) is 2. The van der Waals surface area contributed by atoms with E-state index < -0.39 is 36.5 Å². The Labute approximate surface area is 93.6 Å². The maximum Gasteiger partial charge on any atom is 0.458 e. The zero-order chi connectivity index (χ0) is 14.6. The quantitative estimate of drug-likeness (QED) is 0.688. The van der Waals surface area contributed by atoms with Crippen LogP contribution in [0.4, 0.5) is 39.5 Å². The Hall–Kier alpha value is -0.710. The second-order valence-corrected chi connectivity index (χ2v) is 3.41. The molecule has 0 radical (unpaired) electrons. The molecule has 0 amide bonds. The van der Waals surface area contributed by atoms with Gasteiger partial charge in [-0.25, -0.2) is 9.13 Å². The van der Waals surface area contributed by atoms with E-state index in [-0.39, 0.29) is 0 Å². The van der Waals surface area contributed by atoms with Gasteiger partial charge in [0.2, 0.25) is 0 Å². The fraction of sp³-hybridized carbons (Fsp3) is 1.00. The SMILES string of the molecule is CCC1(F)OC(F)(C(F)(F)F)C(F)(F)OC1(F)F. The van der Waals surface area contributed by atoms with Gasteiger partial charge < -0.3 is 0 Å². The molecule has 2 nitrogen and oxygen atoms in total. The second kappa shape index (κ2) is 3.65. The summed E-state index contributed by atoms with van der Waals surface area (Å²) in [7, 11) is 0. The van der Waals surface area contributed by atoms with Gasteiger partial charge in [0.05, 0.1) is 0 Å². The Morgan fingerprint density at radius 1 is 0.833 bits per heavy atom. The molecule has 0 aromatic heterocycles. The molecule has 0 saturated carbocycles. The normalized spacial score (nSPS) is 39.7. The lowest BCUT2D eigenvalue weighted by Crippen LogP contribution is -2.71. The minimum absolute atomic E-state index is 0.539. The molecule has 0 spiro atoms. The van der Waals surface area contributed by atoms with E-state index in [1.54, 1.807) is 0 Å². The summed E-state index contributed by atoms with van der Waals surface area (Å²) >= 11 is 0. The first-order valence-corrected chi connectivity index (χ1v) is 4.33. The van der Waals surface area contributed by atoms with Crippen molar-refractivity contribution < 1.29 is 49.0 Å². The van der Waals surface area contributed by atoms with Crippen LogP contribution in [0.1, 0.15) is 13.3 Å². The summed E-state index contributed by atoms with van der Waals surface area (Å²) in [6.45, 7) is 0.539. The molecular formula is C7H5F9O2. The molecule has 1 aliphatic rings. The highest BCUT2D eigenvalue weighted by Crippen LogP contribution is 2.58. The van der Waals surface area contributed by atoms with Gasteiger partial charge in [-0.1, -0.05) is 6.92 Å². The first-order valence-electron chi connectivity index (χ1n) is 4.33. The molecule has 0 N–H and O–H groups in total. The number of alkyl halides is 9. The van der Waals surface area contributed by atoms with Crippen molar-refractivity contribution in [2.45, 2.75) is 43.4 Å². The average molecular weight is 292 g/mol. The van der Waals surface area contributed by atoms with Crippen LogP contribution in [0.25, 0.3) is 0 Å². The minimum Gasteiger partial charge on any atom is -0.287 e. The molecule has 1 heterocycles. The van der Waals surface area contributed by atoms with E-state index >= 15 is 0 Å². The molecule has 1 fully saturated rings. The molecule has 108 valence electrons. The van der Waals surface area contributed by atoms with Gasteiger partial charge in [-0.05, 0) is 0 Å². The van der Waals surface area contributed by atoms with Crippen LogP contribution < -0.4 is 0 Å². The molecule has 1 aliphatic heterocycles. The zero-order valence-corrected chi connectivity index (χ0v) is 8.43. The van der Waals surface area contributed by atoms with E-state index in [1.807, 2.05) is 0 Å². The van der Waals surface area contributed by atoms with Crippen molar-refractivity contribution in [2.75, 3.05) is 0 Å². The number of halogens is 9. The van der Waals surface area contributed by atoms with Gasteiger partial charge in [0.1, 0.15) is 0 Å². The topological polar surface area (TPSA) is 18.5 Å². The maximum atomic E-state index is 13.3. The molecule has 1 rings (SSSR count). The highest BCUT2D eigenvalue weighted by molar-refractivity contribution is 4.96. The Morgan fingerprint density at radius 3 is 1.61 bits per heavy atom. The van der Waals surface area contributed by atoms with Crippen LogP contribution in [0.3, 0.4) is 0 Å². The van der Waals surface area contributed by atoms with E-state index in [9.17, 15) is 39.5 Å². The van der Waals surface area contributed by atoms with Crippen LogP contribution in [0.15, 0.2) is 0 Å². The largest absolute Gasteiger partial charge is 0.458 e. The monoisotopic (exact) mass is 292 g/mol. The third-order valence-corrected chi connectivity index (χ3v) is 2.19. The lowest BCUT2D eigenvalue weighted by Gasteiger charge is -2.46. The summed E-state index contributed by atoms with van der Waals surface area (Å²) in [4.78, 5) is 0. The lowest BCUT2D eigenvalue weighted by molar-refractivity contribution is -0.594. The van der Waals surface area contributed by atoms with Crippen molar-refractivity contribution in [3.05, 3.63) is 0 Å². The molecular weight excluding hydrogens is 287 g/mol. The van der Waals surface area contributed by atoms with Gasteiger partial charge in [0.15, 0.2) is 0 Å². The van der Waals surface area contributed by atoms with Crippen LogP contribution in [-0.2, 0) is 9.47 Å². The predicted octanol–water partition coefficient (Wildman–Crippen LogP) is 3.52. The van der Waals surface area contributed by atoms with Gasteiger partial charge in [-0.3, -0.25) is 4.74 Å². The first-order chi connectivity index (χ1) is 7.72. The first kappa shape index (κ1) is 15.3. The van der Waals surface area contributed by atoms with Crippen LogP contribution in [0.2, 0.25) is 0 Å². The van der Waals surface area contributed by atoms with E-state index in [4.69, 9.17) is 0 Å². The predicted molar refractivity (Wildman–Crippen MR) is 36.1 cm³/mol. The summed E-state index contributed by atoms with van der Waals surface area (Å²) in [5.74, 6) is -10.7. The summed E-state index contributed by atoms with van der Waals surface area (Å²) in [6, 6.07) is 0. The Balaban J connectivity index is 3.33. The summed E-state index contributed by atoms with van der Waals surface area (Å²) in [6.07, 6.45) is -19.6. The van der Waals surface area contributed by atoms with Gasteiger partial charge >= 0.3 is 30.1 Å². The van der Waals surface area contributed by atoms with Crippen molar-refractivity contribution in [1.82, 2.24) is 0 Å². The van der Waals surface area contributed by atoms with Gasteiger partial charge in [0.25, 0.3) is 0 Å². The third-order valence-electron chi connectivity index (χ3n) is 2.19. The fourth-order valence-corrected chi connectivity index (χ4v) is 1.15. The van der Waals surface area contributed by atoms with Crippen molar-refractivity contribution in [2.24, 2.45) is 0 Å². The average Bonchev–Trinajstić information content (AvgIpc) is 2.11. The number of hydrogen-bond acceptors (Lipinski definition) is 2. The fourth-order valence-electron chi connectivity index (χ4n) is 1.15. The van der Waals surface area contributed by atoms with Gasteiger partial charge in [-0.2, -0.15) is 35.1 Å². The summed E-state index contributed by atoms with van der Waals surface area (Å²) in [5, 5.41) is 0. The second-order valence-electron chi connectivity index (χ2n) is 3.41. The van der Waals surface area contributed by atoms with E-state index in [0.29, 0.717) is 6.92 Å². The molecule has 0 bridgehead atoms. The van der Waals surface area contributed by atoms with Crippen LogP contribution in [0.5, 0.6) is 0 Å². The highest BCUT2D eigenvalue weighted by Gasteiger charge is 2.85. The van der Waals surface area contributed by atoms with Crippen LogP contribution in [0, 0.1) is 0 Å². The molecule has 2 unspecified atom stereocenters. The molecule has 1 saturated heterocycles. The highest BCUT2D eigenvalue weighted by atomic mass is 19.4. The van der Waals surface area contributed by atoms with E-state index in [0.717, 1.165) is 0 Å². The van der Waals surface area contributed by atoms with Gasteiger partial charge in [0, 0.05) is 6.42 Å². The summed E-state index contributed by atoms with van der Waals surface area (Å²) < 4.78 is 118. The van der Waals surface area contributed by atoms with Crippen LogP contribution >= 0.6 is 0 Å². The molecule has 0 aromatic carbocycles. The Kier molecular flexibility index (Phi) is 3.11. The van der Waals surface area contributed by atoms with Crippen molar-refractivity contribution in [3.8, 4) is 0 Å². The molecule has 0 aliphatic carbocycles. The summed E-state index contributed by atoms with van der Waals surface area (Å²) in [5.41, 5.74) is 0. The van der Waals surface area contributed by atoms with Crippen molar-refractivity contribution in [1.29, 1.82) is 0 Å². The molecule has 11 heteroatoms. The zero-order valence-electron chi connectivity index (χ0n) is 8.43. The standard InChI is InChI=1S/C7H5F9O2/c1-2-3(8)6(13,14)18-7(15,16)4(9,17-3)5(10,11)12/h2H2,1H3.